The van der Waals surface area contributed by atoms with Crippen LogP contribution in [-0.4, -0.2) is 39.1 Å². The van der Waals surface area contributed by atoms with E-state index in [1.54, 1.807) is 18.8 Å². The summed E-state index contributed by atoms with van der Waals surface area (Å²) in [5.41, 5.74) is 0.843. The maximum absolute atomic E-state index is 6.01. The molecule has 23 heavy (non-hydrogen) atoms. The molecule has 1 aromatic heterocycles. The molecule has 7 heteroatoms. The highest BCUT2D eigenvalue weighted by Crippen LogP contribution is 2.21. The van der Waals surface area contributed by atoms with E-state index < -0.39 is 0 Å². The molecule has 0 fully saturated rings. The van der Waals surface area contributed by atoms with E-state index in [1.807, 2.05) is 24.3 Å². The smallest absolute Gasteiger partial charge is 0.246 e. The van der Waals surface area contributed by atoms with Crippen molar-refractivity contribution < 1.29 is 4.52 Å². The summed E-state index contributed by atoms with van der Waals surface area (Å²) in [6.45, 7) is 6.88. The lowest BCUT2D eigenvalue weighted by Gasteiger charge is -2.27. The zero-order valence-electron chi connectivity index (χ0n) is 13.8. The van der Waals surface area contributed by atoms with E-state index in [0.717, 1.165) is 16.5 Å². The predicted molar refractivity (Wildman–Crippen MR) is 96.9 cm³/mol. The van der Waals surface area contributed by atoms with Crippen LogP contribution in [0.25, 0.3) is 11.4 Å². The molecule has 0 radical (unpaired) electrons. The van der Waals surface area contributed by atoms with Crippen molar-refractivity contribution in [1.29, 1.82) is 0 Å². The Hall–Kier alpha value is -1.53. The van der Waals surface area contributed by atoms with Crippen LogP contribution in [0.4, 0.5) is 0 Å². The molecule has 0 saturated carbocycles. The third-order valence-corrected chi connectivity index (χ3v) is 4.39. The zero-order valence-corrected chi connectivity index (χ0v) is 15.4. The molecular weight excluding hydrogens is 332 g/mol. The van der Waals surface area contributed by atoms with Crippen molar-refractivity contribution in [2.75, 3.05) is 12.8 Å². The molecule has 0 aliphatic rings. The van der Waals surface area contributed by atoms with Crippen LogP contribution in [0.3, 0.4) is 0 Å². The van der Waals surface area contributed by atoms with Crippen molar-refractivity contribution in [3.8, 4) is 11.4 Å². The maximum Gasteiger partial charge on any atom is 0.246 e. The molecule has 0 saturated heterocycles. The third kappa shape index (κ3) is 4.72. The Bertz CT molecular complexity index is 672. The lowest BCUT2D eigenvalue weighted by molar-refractivity contribution is 0.283. The van der Waals surface area contributed by atoms with Crippen LogP contribution < -0.4 is 0 Å². The molecular formula is C16H21ClN4OS. The second kappa shape index (κ2) is 8.36. The Morgan fingerprint density at radius 3 is 2.83 bits per heavy atom. The fourth-order valence-corrected chi connectivity index (χ4v) is 3.10. The molecule has 1 aromatic carbocycles. The number of rotatable bonds is 5. The first kappa shape index (κ1) is 17.8. The van der Waals surface area contributed by atoms with Gasteiger partial charge in [0.15, 0.2) is 5.17 Å². The predicted octanol–water partition coefficient (Wildman–Crippen LogP) is 4.34. The van der Waals surface area contributed by atoms with E-state index in [0.29, 0.717) is 23.3 Å². The van der Waals surface area contributed by atoms with Gasteiger partial charge in [-0.05, 0) is 31.7 Å². The third-order valence-electron chi connectivity index (χ3n) is 3.19. The van der Waals surface area contributed by atoms with Crippen LogP contribution in [0, 0.1) is 0 Å². The molecule has 124 valence electrons. The fraction of sp³-hybridized carbons (Fsp3) is 0.438. The van der Waals surface area contributed by atoms with Crippen molar-refractivity contribution in [1.82, 2.24) is 15.0 Å². The van der Waals surface area contributed by atoms with E-state index >= 15 is 0 Å². The van der Waals surface area contributed by atoms with Crippen molar-refractivity contribution in [3.63, 3.8) is 0 Å². The lowest BCUT2D eigenvalue weighted by atomic mass is 10.2. The largest absolute Gasteiger partial charge is 0.340 e. The molecule has 0 aliphatic carbocycles. The van der Waals surface area contributed by atoms with E-state index in [2.05, 4.69) is 40.8 Å². The molecule has 0 spiro atoms. The first-order valence-electron chi connectivity index (χ1n) is 7.49. The standard InChI is InChI=1S/C16H21ClN4OS/c1-5-23-16(18-4)21(11(2)3)10-14-19-15(20-22-14)12-7-6-8-13(17)9-12/h6-9,11H,5,10H2,1-4H3. The first-order valence-corrected chi connectivity index (χ1v) is 8.86. The Morgan fingerprint density at radius 1 is 1.43 bits per heavy atom. The van der Waals surface area contributed by atoms with Gasteiger partial charge in [0, 0.05) is 23.7 Å². The minimum atomic E-state index is 0.286. The Kier molecular flexibility index (Phi) is 6.47. The van der Waals surface area contributed by atoms with Crippen LogP contribution in [0.1, 0.15) is 26.7 Å². The van der Waals surface area contributed by atoms with Gasteiger partial charge in [-0.3, -0.25) is 4.99 Å². The SMILES string of the molecule is CCSC(=NC)N(Cc1nc(-c2cccc(Cl)c2)no1)C(C)C. The van der Waals surface area contributed by atoms with Crippen LogP contribution >= 0.6 is 23.4 Å². The number of benzene rings is 1. The summed E-state index contributed by atoms with van der Waals surface area (Å²) in [4.78, 5) is 11.0. The van der Waals surface area contributed by atoms with Gasteiger partial charge in [0.25, 0.3) is 0 Å². The average molecular weight is 353 g/mol. The number of amidine groups is 1. The zero-order chi connectivity index (χ0) is 16.8. The van der Waals surface area contributed by atoms with Crippen LogP contribution in [-0.2, 0) is 6.54 Å². The van der Waals surface area contributed by atoms with Gasteiger partial charge in [-0.25, -0.2) is 0 Å². The number of aromatic nitrogens is 2. The second-order valence-corrected chi connectivity index (χ2v) is 6.85. The Balaban J connectivity index is 2.19. The fourth-order valence-electron chi connectivity index (χ4n) is 2.09. The maximum atomic E-state index is 6.01. The van der Waals surface area contributed by atoms with Gasteiger partial charge in [-0.15, -0.1) is 0 Å². The summed E-state index contributed by atoms with van der Waals surface area (Å²) in [6.07, 6.45) is 0. The number of hydrogen-bond acceptors (Lipinski definition) is 5. The molecule has 0 aliphatic heterocycles. The van der Waals surface area contributed by atoms with Crippen molar-refractivity contribution in [2.24, 2.45) is 4.99 Å². The second-order valence-electron chi connectivity index (χ2n) is 5.18. The minimum absolute atomic E-state index is 0.286. The topological polar surface area (TPSA) is 54.5 Å². The Labute approximate surface area is 146 Å². The number of hydrogen-bond donors (Lipinski definition) is 0. The van der Waals surface area contributed by atoms with Gasteiger partial charge in [0.2, 0.25) is 11.7 Å². The quantitative estimate of drug-likeness (QED) is 0.591. The summed E-state index contributed by atoms with van der Waals surface area (Å²) in [7, 11) is 1.80. The molecule has 0 amide bonds. The monoisotopic (exact) mass is 352 g/mol. The van der Waals surface area contributed by atoms with Gasteiger partial charge in [-0.2, -0.15) is 4.98 Å². The highest BCUT2D eigenvalue weighted by Gasteiger charge is 2.19. The van der Waals surface area contributed by atoms with Gasteiger partial charge in [0.05, 0.1) is 6.54 Å². The average Bonchev–Trinajstić information content (AvgIpc) is 2.99. The van der Waals surface area contributed by atoms with Crippen LogP contribution in [0.2, 0.25) is 5.02 Å². The molecule has 1 heterocycles. The van der Waals surface area contributed by atoms with E-state index in [-0.39, 0.29) is 6.04 Å². The summed E-state index contributed by atoms with van der Waals surface area (Å²) in [5, 5.41) is 5.68. The van der Waals surface area contributed by atoms with Gasteiger partial charge in [-0.1, -0.05) is 47.6 Å². The molecule has 0 unspecified atom stereocenters. The highest BCUT2D eigenvalue weighted by molar-refractivity contribution is 8.13. The first-order chi connectivity index (χ1) is 11.0. The van der Waals surface area contributed by atoms with E-state index in [1.165, 1.54) is 0 Å². The van der Waals surface area contributed by atoms with Crippen LogP contribution in [0.15, 0.2) is 33.8 Å². The molecule has 5 nitrogen and oxygen atoms in total. The summed E-state index contributed by atoms with van der Waals surface area (Å²) >= 11 is 7.72. The molecule has 2 aromatic rings. The van der Waals surface area contributed by atoms with E-state index in [9.17, 15) is 0 Å². The molecule has 2 rings (SSSR count). The highest BCUT2D eigenvalue weighted by atomic mass is 35.5. The van der Waals surface area contributed by atoms with Crippen molar-refractivity contribution >= 4 is 28.5 Å². The summed E-state index contributed by atoms with van der Waals surface area (Å²) in [6, 6.07) is 7.70. The van der Waals surface area contributed by atoms with Gasteiger partial charge in [0.1, 0.15) is 0 Å². The number of aliphatic imine (C=N–C) groups is 1. The Morgan fingerprint density at radius 2 is 2.22 bits per heavy atom. The molecule has 0 bridgehead atoms. The van der Waals surface area contributed by atoms with E-state index in [4.69, 9.17) is 16.1 Å². The molecule has 0 atom stereocenters. The number of halogens is 1. The van der Waals surface area contributed by atoms with Crippen LogP contribution in [0.5, 0.6) is 0 Å². The van der Waals surface area contributed by atoms with Crippen molar-refractivity contribution in [2.45, 2.75) is 33.4 Å². The number of thioether (sulfide) groups is 1. The lowest BCUT2D eigenvalue weighted by Crippen LogP contribution is -2.35. The van der Waals surface area contributed by atoms with Gasteiger partial charge >= 0.3 is 0 Å². The van der Waals surface area contributed by atoms with Gasteiger partial charge < -0.3 is 9.42 Å². The normalized spacial score (nSPS) is 12.0. The summed E-state index contributed by atoms with van der Waals surface area (Å²) < 4.78 is 5.40. The minimum Gasteiger partial charge on any atom is -0.340 e. The number of nitrogens with zero attached hydrogens (tertiary/aromatic N) is 4. The molecule has 0 N–H and O–H groups in total. The van der Waals surface area contributed by atoms with Crippen molar-refractivity contribution in [3.05, 3.63) is 35.2 Å². The summed E-state index contributed by atoms with van der Waals surface area (Å²) in [5.74, 6) is 2.07.